The van der Waals surface area contributed by atoms with Gasteiger partial charge in [-0.25, -0.2) is 4.79 Å². The first-order chi connectivity index (χ1) is 6.70. The lowest BCUT2D eigenvalue weighted by molar-refractivity contribution is 0.112. The summed E-state index contributed by atoms with van der Waals surface area (Å²) in [6, 6.07) is 5.36. The number of benzene rings is 1. The molecule has 0 spiro atoms. The summed E-state index contributed by atoms with van der Waals surface area (Å²) in [6.45, 7) is 0. The quantitative estimate of drug-likeness (QED) is 0.543. The maximum atomic E-state index is 11.0. The minimum Gasteiger partial charge on any atom is -0.508 e. The fourth-order valence-electron chi connectivity index (χ4n) is 1.27. The maximum absolute atomic E-state index is 11.0. The lowest BCUT2D eigenvalue weighted by Crippen LogP contribution is -1.99. The molecule has 0 aliphatic carbocycles. The number of hydrogen-bond donors (Lipinski definition) is 1. The number of rotatable bonds is 1. The summed E-state index contributed by atoms with van der Waals surface area (Å²) in [7, 11) is 0. The average molecular weight is 190 g/mol. The van der Waals surface area contributed by atoms with Gasteiger partial charge in [0.25, 0.3) is 0 Å². The van der Waals surface area contributed by atoms with E-state index in [0.29, 0.717) is 11.7 Å². The molecule has 1 aromatic carbocycles. The fraction of sp³-hybridized carbons (Fsp3) is 0. The number of fused-ring (bicyclic) bond motifs is 1. The van der Waals surface area contributed by atoms with Gasteiger partial charge in [-0.2, -0.15) is 0 Å². The predicted octanol–water partition coefficient (Wildman–Crippen LogP) is 1.31. The number of aromatic hydroxyl groups is 1. The van der Waals surface area contributed by atoms with E-state index in [9.17, 15) is 9.59 Å². The van der Waals surface area contributed by atoms with Gasteiger partial charge in [-0.3, -0.25) is 4.79 Å². The van der Waals surface area contributed by atoms with E-state index in [4.69, 9.17) is 9.52 Å². The summed E-state index contributed by atoms with van der Waals surface area (Å²) in [6.07, 6.45) is 0.580. The van der Waals surface area contributed by atoms with Crippen LogP contribution in [0.25, 0.3) is 11.0 Å². The molecule has 4 nitrogen and oxygen atoms in total. The molecule has 0 bridgehead atoms. The van der Waals surface area contributed by atoms with E-state index < -0.39 is 5.63 Å². The Hall–Kier alpha value is -2.10. The topological polar surface area (TPSA) is 67.5 Å². The molecule has 0 saturated carbocycles. The smallest absolute Gasteiger partial charge is 0.336 e. The normalized spacial score (nSPS) is 10.3. The van der Waals surface area contributed by atoms with Crippen molar-refractivity contribution in [3.8, 4) is 5.75 Å². The summed E-state index contributed by atoms with van der Waals surface area (Å²) >= 11 is 0. The van der Waals surface area contributed by atoms with Crippen molar-refractivity contribution in [2.75, 3.05) is 0 Å². The van der Waals surface area contributed by atoms with Crippen LogP contribution in [0.3, 0.4) is 0 Å². The molecule has 2 rings (SSSR count). The Balaban J connectivity index is 2.94. The fourth-order valence-corrected chi connectivity index (χ4v) is 1.27. The number of carbonyl (C=O) groups is 1. The summed E-state index contributed by atoms with van der Waals surface area (Å²) in [5.41, 5.74) is -0.138. The van der Waals surface area contributed by atoms with Crippen molar-refractivity contribution in [2.45, 2.75) is 0 Å². The van der Waals surface area contributed by atoms with Crippen LogP contribution in [0.1, 0.15) is 10.4 Å². The highest BCUT2D eigenvalue weighted by Gasteiger charge is 2.04. The third kappa shape index (κ3) is 1.26. The maximum Gasteiger partial charge on any atom is 0.336 e. The molecule has 1 aromatic heterocycles. The van der Waals surface area contributed by atoms with Crippen molar-refractivity contribution in [2.24, 2.45) is 0 Å². The number of phenolic OH excluding ortho intramolecular Hbond substituents is 1. The van der Waals surface area contributed by atoms with Gasteiger partial charge in [0.05, 0.1) is 0 Å². The Morgan fingerprint density at radius 1 is 1.29 bits per heavy atom. The first-order valence-electron chi connectivity index (χ1n) is 3.93. The Bertz CT molecular complexity index is 554. The second-order valence-electron chi connectivity index (χ2n) is 2.82. The van der Waals surface area contributed by atoms with Crippen molar-refractivity contribution < 1.29 is 14.3 Å². The molecule has 0 atom stereocenters. The molecule has 0 saturated heterocycles. The van der Waals surface area contributed by atoms with Gasteiger partial charge < -0.3 is 9.52 Å². The Morgan fingerprint density at radius 2 is 2.07 bits per heavy atom. The zero-order chi connectivity index (χ0) is 10.1. The van der Waals surface area contributed by atoms with Crippen molar-refractivity contribution in [3.05, 3.63) is 40.2 Å². The molecule has 1 N–H and O–H groups in total. The third-order valence-corrected chi connectivity index (χ3v) is 1.89. The van der Waals surface area contributed by atoms with Gasteiger partial charge in [0.15, 0.2) is 6.29 Å². The first kappa shape index (κ1) is 8.50. The SMILES string of the molecule is O=Cc1cc(=O)oc2cc(O)ccc12. The minimum absolute atomic E-state index is 0.0105. The van der Waals surface area contributed by atoms with Crippen LogP contribution in [-0.4, -0.2) is 11.4 Å². The van der Waals surface area contributed by atoms with Gasteiger partial charge in [-0.1, -0.05) is 0 Å². The average Bonchev–Trinajstić information content (AvgIpc) is 2.15. The van der Waals surface area contributed by atoms with Crippen molar-refractivity contribution in [3.63, 3.8) is 0 Å². The van der Waals surface area contributed by atoms with E-state index in [1.807, 2.05) is 0 Å². The Morgan fingerprint density at radius 3 is 2.79 bits per heavy atom. The van der Waals surface area contributed by atoms with Crippen LogP contribution in [0.4, 0.5) is 0 Å². The molecular weight excluding hydrogens is 184 g/mol. The van der Waals surface area contributed by atoms with Gasteiger partial charge in [-0.05, 0) is 12.1 Å². The van der Waals surface area contributed by atoms with E-state index in [-0.39, 0.29) is 16.9 Å². The standard InChI is InChI=1S/C10H6O4/c11-5-6-3-10(13)14-9-4-7(12)1-2-8(6)9/h1-5,12H. The second-order valence-corrected chi connectivity index (χ2v) is 2.82. The second kappa shape index (κ2) is 2.99. The molecule has 2 aromatic rings. The highest BCUT2D eigenvalue weighted by atomic mass is 16.4. The van der Waals surface area contributed by atoms with Crippen LogP contribution >= 0.6 is 0 Å². The number of carbonyl (C=O) groups excluding carboxylic acids is 1. The van der Waals surface area contributed by atoms with Crippen LogP contribution in [0.2, 0.25) is 0 Å². The molecule has 4 heteroatoms. The molecule has 0 unspecified atom stereocenters. The number of phenols is 1. The third-order valence-electron chi connectivity index (χ3n) is 1.89. The summed E-state index contributed by atoms with van der Waals surface area (Å²) in [5, 5.41) is 9.65. The highest BCUT2D eigenvalue weighted by molar-refractivity contribution is 5.95. The van der Waals surface area contributed by atoms with Gasteiger partial charge in [0.2, 0.25) is 0 Å². The molecule has 70 valence electrons. The molecule has 14 heavy (non-hydrogen) atoms. The van der Waals surface area contributed by atoms with Crippen LogP contribution in [0.15, 0.2) is 33.5 Å². The van der Waals surface area contributed by atoms with Gasteiger partial charge in [0, 0.05) is 23.1 Å². The van der Waals surface area contributed by atoms with Crippen molar-refractivity contribution in [1.82, 2.24) is 0 Å². The number of aldehydes is 1. The largest absolute Gasteiger partial charge is 0.508 e. The van der Waals surface area contributed by atoms with E-state index in [1.54, 1.807) is 0 Å². The van der Waals surface area contributed by atoms with Crippen LogP contribution in [0.5, 0.6) is 5.75 Å². The van der Waals surface area contributed by atoms with Crippen LogP contribution < -0.4 is 5.63 Å². The van der Waals surface area contributed by atoms with Gasteiger partial charge in [-0.15, -0.1) is 0 Å². The monoisotopic (exact) mass is 190 g/mol. The summed E-state index contributed by atoms with van der Waals surface area (Å²) in [4.78, 5) is 21.6. The number of hydrogen-bond acceptors (Lipinski definition) is 4. The lowest BCUT2D eigenvalue weighted by Gasteiger charge is -1.98. The minimum atomic E-state index is -0.606. The Kier molecular flexibility index (Phi) is 1.81. The molecule has 0 radical (unpaired) electrons. The molecule has 0 aliphatic heterocycles. The molecule has 0 aliphatic rings. The van der Waals surface area contributed by atoms with Gasteiger partial charge >= 0.3 is 5.63 Å². The van der Waals surface area contributed by atoms with Crippen molar-refractivity contribution >= 4 is 17.3 Å². The summed E-state index contributed by atoms with van der Waals surface area (Å²) in [5.74, 6) is -0.0105. The zero-order valence-corrected chi connectivity index (χ0v) is 7.06. The molecular formula is C10H6O4. The zero-order valence-electron chi connectivity index (χ0n) is 7.06. The molecule has 1 heterocycles. The first-order valence-corrected chi connectivity index (χ1v) is 3.93. The Labute approximate surface area is 78.4 Å². The van der Waals surface area contributed by atoms with Crippen LogP contribution in [0, 0.1) is 0 Å². The molecule has 0 fully saturated rings. The van der Waals surface area contributed by atoms with E-state index in [0.717, 1.165) is 6.07 Å². The summed E-state index contributed by atoms with van der Waals surface area (Å²) < 4.78 is 4.81. The van der Waals surface area contributed by atoms with Crippen molar-refractivity contribution in [1.29, 1.82) is 0 Å². The highest BCUT2D eigenvalue weighted by Crippen LogP contribution is 2.20. The lowest BCUT2D eigenvalue weighted by atomic mass is 10.1. The van der Waals surface area contributed by atoms with Gasteiger partial charge in [0.1, 0.15) is 11.3 Å². The van der Waals surface area contributed by atoms with E-state index in [2.05, 4.69) is 0 Å². The molecule has 0 amide bonds. The van der Waals surface area contributed by atoms with E-state index in [1.165, 1.54) is 18.2 Å². The van der Waals surface area contributed by atoms with E-state index >= 15 is 0 Å². The van der Waals surface area contributed by atoms with Crippen LogP contribution in [-0.2, 0) is 0 Å². The predicted molar refractivity (Wildman–Crippen MR) is 49.5 cm³/mol.